The van der Waals surface area contributed by atoms with Crippen molar-refractivity contribution in [3.63, 3.8) is 0 Å². The van der Waals surface area contributed by atoms with Crippen LogP contribution in [-0.2, 0) is 19.4 Å². The maximum atomic E-state index is 13.5. The van der Waals surface area contributed by atoms with Gasteiger partial charge in [0.05, 0.1) is 18.3 Å². The van der Waals surface area contributed by atoms with E-state index < -0.39 is 17.1 Å². The van der Waals surface area contributed by atoms with Crippen molar-refractivity contribution in [3.8, 4) is 5.75 Å². The highest BCUT2D eigenvalue weighted by Crippen LogP contribution is 2.38. The van der Waals surface area contributed by atoms with E-state index in [4.69, 9.17) is 0 Å². The van der Waals surface area contributed by atoms with Crippen LogP contribution < -0.4 is 10.4 Å². The predicted octanol–water partition coefficient (Wildman–Crippen LogP) is 3.39. The molecule has 2 aliphatic rings. The maximum Gasteiger partial charge on any atom is 0.278 e. The molecule has 7 heteroatoms. The Morgan fingerprint density at radius 3 is 2.17 bits per heavy atom. The number of amides is 1. The third kappa shape index (κ3) is 3.56. The minimum absolute atomic E-state index is 0.0288. The summed E-state index contributed by atoms with van der Waals surface area (Å²) in [5.41, 5.74) is 4.91. The van der Waals surface area contributed by atoms with Gasteiger partial charge in [0, 0.05) is 18.5 Å². The minimum Gasteiger partial charge on any atom is -0.502 e. The number of rotatable bonds is 3. The first kappa shape index (κ1) is 21.2. The molecule has 7 nitrogen and oxygen atoms in total. The second-order valence-electron chi connectivity index (χ2n) is 8.93. The topological polar surface area (TPSA) is 78.7 Å². The molecule has 0 fully saturated rings. The van der Waals surface area contributed by atoms with Crippen LogP contribution in [0.15, 0.2) is 90.0 Å². The molecule has 0 bridgehead atoms. The molecule has 0 radical (unpaired) electrons. The highest BCUT2D eigenvalue weighted by Gasteiger charge is 2.38. The molecule has 0 unspecified atom stereocenters. The number of nitrogens with zero attached hydrogens (tertiary/aromatic N) is 4. The summed E-state index contributed by atoms with van der Waals surface area (Å²) < 4.78 is 1.65. The summed E-state index contributed by atoms with van der Waals surface area (Å²) in [4.78, 5) is 31.9. The van der Waals surface area contributed by atoms with Crippen LogP contribution in [0, 0.1) is 0 Å². The van der Waals surface area contributed by atoms with Crippen LogP contribution in [0.2, 0.25) is 0 Å². The van der Waals surface area contributed by atoms with E-state index in [-0.39, 0.29) is 24.9 Å². The molecule has 2 aromatic carbocycles. The van der Waals surface area contributed by atoms with Gasteiger partial charge in [-0.2, -0.15) is 0 Å². The van der Waals surface area contributed by atoms with Gasteiger partial charge in [0.1, 0.15) is 6.67 Å². The first-order valence-corrected chi connectivity index (χ1v) is 11.7. The van der Waals surface area contributed by atoms with Crippen LogP contribution in [-0.4, -0.2) is 32.2 Å². The molecule has 2 aromatic heterocycles. The molecular weight excluding hydrogens is 440 g/mol. The molecule has 174 valence electrons. The fraction of sp³-hybridized carbons (Fsp3) is 0.179. The van der Waals surface area contributed by atoms with E-state index in [0.717, 1.165) is 29.7 Å². The lowest BCUT2D eigenvalue weighted by Crippen LogP contribution is -2.55. The summed E-state index contributed by atoms with van der Waals surface area (Å²) in [5.74, 6) is -0.944. The molecule has 1 amide bonds. The van der Waals surface area contributed by atoms with Crippen molar-refractivity contribution in [1.29, 1.82) is 0 Å². The van der Waals surface area contributed by atoms with Crippen molar-refractivity contribution in [1.82, 2.24) is 14.6 Å². The number of pyridine rings is 2. The second kappa shape index (κ2) is 8.43. The highest BCUT2D eigenvalue weighted by molar-refractivity contribution is 5.96. The molecule has 1 aliphatic heterocycles. The third-order valence-corrected chi connectivity index (χ3v) is 6.88. The molecule has 0 saturated heterocycles. The Morgan fingerprint density at radius 1 is 0.857 bits per heavy atom. The smallest absolute Gasteiger partial charge is 0.278 e. The molecule has 0 atom stereocenters. The molecule has 3 heterocycles. The summed E-state index contributed by atoms with van der Waals surface area (Å²) in [6.07, 6.45) is 5.10. The Labute approximate surface area is 202 Å². The zero-order valence-corrected chi connectivity index (χ0v) is 19.0. The maximum absolute atomic E-state index is 13.5. The van der Waals surface area contributed by atoms with Crippen LogP contribution in [0.5, 0.6) is 5.75 Å². The number of aryl methyl sites for hydroxylation is 2. The van der Waals surface area contributed by atoms with Crippen LogP contribution in [0.1, 0.15) is 44.5 Å². The number of aromatic hydroxyl groups is 1. The van der Waals surface area contributed by atoms with Gasteiger partial charge < -0.3 is 10.0 Å². The largest absolute Gasteiger partial charge is 0.502 e. The number of aromatic nitrogens is 2. The summed E-state index contributed by atoms with van der Waals surface area (Å²) in [6.45, 7) is 0.521. The monoisotopic (exact) mass is 464 g/mol. The van der Waals surface area contributed by atoms with Gasteiger partial charge in [0.25, 0.3) is 5.91 Å². The molecule has 1 aliphatic carbocycles. The van der Waals surface area contributed by atoms with Crippen molar-refractivity contribution < 1.29 is 9.90 Å². The Kier molecular flexibility index (Phi) is 5.10. The molecule has 35 heavy (non-hydrogen) atoms. The first-order valence-electron chi connectivity index (χ1n) is 11.7. The molecular formula is C28H24N4O3. The van der Waals surface area contributed by atoms with E-state index in [1.165, 1.54) is 17.2 Å². The number of hydrogen-bond donors (Lipinski definition) is 1. The van der Waals surface area contributed by atoms with Crippen molar-refractivity contribution in [2.75, 3.05) is 11.7 Å². The summed E-state index contributed by atoms with van der Waals surface area (Å²) in [7, 11) is 0. The fourth-order valence-electron chi connectivity index (χ4n) is 5.22. The number of fused-ring (bicyclic) bond motifs is 3. The Hall–Kier alpha value is -4.39. The van der Waals surface area contributed by atoms with Gasteiger partial charge in [0.2, 0.25) is 5.43 Å². The van der Waals surface area contributed by atoms with Gasteiger partial charge >= 0.3 is 0 Å². The fourth-order valence-corrected chi connectivity index (χ4v) is 5.22. The predicted molar refractivity (Wildman–Crippen MR) is 132 cm³/mol. The van der Waals surface area contributed by atoms with Crippen LogP contribution >= 0.6 is 0 Å². The second-order valence-corrected chi connectivity index (χ2v) is 8.93. The molecule has 6 rings (SSSR count). The van der Waals surface area contributed by atoms with Crippen molar-refractivity contribution >= 4 is 5.91 Å². The van der Waals surface area contributed by atoms with Crippen LogP contribution in [0.3, 0.4) is 0 Å². The summed E-state index contributed by atoms with van der Waals surface area (Å²) in [5, 5.41) is 12.8. The van der Waals surface area contributed by atoms with E-state index in [1.807, 2.05) is 30.3 Å². The molecule has 4 aromatic rings. The van der Waals surface area contributed by atoms with Gasteiger partial charge in [0.15, 0.2) is 11.4 Å². The van der Waals surface area contributed by atoms with Crippen LogP contribution in [0.4, 0.5) is 0 Å². The van der Waals surface area contributed by atoms with Crippen LogP contribution in [0.25, 0.3) is 0 Å². The van der Waals surface area contributed by atoms with Crippen molar-refractivity contribution in [2.45, 2.75) is 25.4 Å². The van der Waals surface area contributed by atoms with Gasteiger partial charge in [-0.1, -0.05) is 54.6 Å². The van der Waals surface area contributed by atoms with Gasteiger partial charge in [-0.3, -0.25) is 24.3 Å². The number of hydrogen-bond acceptors (Lipinski definition) is 5. The summed E-state index contributed by atoms with van der Waals surface area (Å²) >= 11 is 0. The Bertz CT molecular complexity index is 1430. The third-order valence-electron chi connectivity index (χ3n) is 6.88. The van der Waals surface area contributed by atoms with E-state index in [0.29, 0.717) is 0 Å². The number of benzene rings is 2. The SMILES string of the molecule is O=C1c2c(O)c(=O)ccn2N(C2c3ccccc3CCc3ccccc32)CN1Cc1ccccn1. The van der Waals surface area contributed by atoms with E-state index in [9.17, 15) is 14.7 Å². The quantitative estimate of drug-likeness (QED) is 0.503. The normalized spacial score (nSPS) is 15.3. The number of carbonyl (C=O) groups is 1. The first-order chi connectivity index (χ1) is 17.1. The average molecular weight is 465 g/mol. The number of carbonyl (C=O) groups excluding carboxylic acids is 1. The zero-order valence-electron chi connectivity index (χ0n) is 19.0. The average Bonchev–Trinajstić information content (AvgIpc) is 3.05. The van der Waals surface area contributed by atoms with Gasteiger partial charge in [-0.15, -0.1) is 0 Å². The molecule has 0 spiro atoms. The highest BCUT2D eigenvalue weighted by atomic mass is 16.3. The lowest BCUT2D eigenvalue weighted by atomic mass is 9.94. The Balaban J connectivity index is 1.56. The molecule has 0 saturated carbocycles. The lowest BCUT2D eigenvalue weighted by Gasteiger charge is -2.44. The van der Waals surface area contributed by atoms with Gasteiger partial charge in [-0.05, 0) is 47.2 Å². The van der Waals surface area contributed by atoms with E-state index in [1.54, 1.807) is 22.0 Å². The standard InChI is InChI=1S/C28H24N4O3/c33-24-14-16-31-26(27(24)34)28(35)30(17-21-9-5-6-15-29-21)18-32(31)25-22-10-3-1-7-19(22)12-13-20-8-2-4-11-23(20)25/h1-11,14-16,25,34H,12-13,17-18H2. The van der Waals surface area contributed by atoms with Crippen molar-refractivity contribution in [2.24, 2.45) is 0 Å². The minimum atomic E-state index is -0.578. The zero-order chi connectivity index (χ0) is 23.9. The lowest BCUT2D eigenvalue weighted by molar-refractivity contribution is 0.0662. The van der Waals surface area contributed by atoms with E-state index in [2.05, 4.69) is 46.4 Å². The molecule has 1 N–H and O–H groups in total. The van der Waals surface area contributed by atoms with Gasteiger partial charge in [-0.25, -0.2) is 0 Å². The van der Waals surface area contributed by atoms with Crippen molar-refractivity contribution in [3.05, 3.63) is 129 Å². The Morgan fingerprint density at radius 2 is 1.51 bits per heavy atom. The summed E-state index contributed by atoms with van der Waals surface area (Å²) in [6, 6.07) is 23.4. The van der Waals surface area contributed by atoms with E-state index >= 15 is 0 Å².